The molecule has 3 N–H and O–H groups in total. The van der Waals surface area contributed by atoms with Crippen molar-refractivity contribution in [1.82, 2.24) is 25.8 Å². The van der Waals surface area contributed by atoms with Crippen molar-refractivity contribution in [1.29, 1.82) is 0 Å². The second kappa shape index (κ2) is 9.44. The van der Waals surface area contributed by atoms with Gasteiger partial charge in [0.1, 0.15) is 11.5 Å². The average Bonchev–Trinajstić information content (AvgIpc) is 3.28. The number of thioether (sulfide) groups is 1. The molecule has 4 atom stereocenters. The van der Waals surface area contributed by atoms with Crippen molar-refractivity contribution in [3.8, 4) is 0 Å². The molecule has 7 nitrogen and oxygen atoms in total. The summed E-state index contributed by atoms with van der Waals surface area (Å²) in [6.45, 7) is 1.97. The Morgan fingerprint density at radius 2 is 2.00 bits per heavy atom. The Bertz CT molecular complexity index is 1000. The Balaban J connectivity index is 1.23. The van der Waals surface area contributed by atoms with E-state index in [1.807, 2.05) is 30.3 Å². The minimum absolute atomic E-state index is 0.0398. The van der Waals surface area contributed by atoms with Crippen molar-refractivity contribution in [2.75, 3.05) is 13.1 Å². The third kappa shape index (κ3) is 4.44. The van der Waals surface area contributed by atoms with Crippen LogP contribution in [0, 0.1) is 5.92 Å². The average molecular weight is 450 g/mol. The highest BCUT2D eigenvalue weighted by molar-refractivity contribution is 8.04. The van der Waals surface area contributed by atoms with Crippen LogP contribution in [0.15, 0.2) is 60.3 Å². The molecule has 0 radical (unpaired) electrons. The first-order valence-electron chi connectivity index (χ1n) is 11.1. The third-order valence-electron chi connectivity index (χ3n) is 6.37. The Morgan fingerprint density at radius 1 is 1.19 bits per heavy atom. The predicted molar refractivity (Wildman–Crippen MR) is 125 cm³/mol. The van der Waals surface area contributed by atoms with E-state index in [1.54, 1.807) is 24.2 Å². The summed E-state index contributed by atoms with van der Waals surface area (Å²) < 4.78 is 0. The second-order valence-electron chi connectivity index (χ2n) is 8.46. The zero-order valence-electron chi connectivity index (χ0n) is 17.7. The highest BCUT2D eigenvalue weighted by atomic mass is 32.2. The summed E-state index contributed by atoms with van der Waals surface area (Å²) in [5.74, 6) is 0.0205. The molecule has 1 aromatic carbocycles. The lowest BCUT2D eigenvalue weighted by Crippen LogP contribution is -2.69. The van der Waals surface area contributed by atoms with Crippen molar-refractivity contribution in [2.45, 2.75) is 37.0 Å². The molecule has 1 aromatic heterocycles. The van der Waals surface area contributed by atoms with Gasteiger partial charge in [0.15, 0.2) is 0 Å². The molecule has 3 aliphatic rings. The van der Waals surface area contributed by atoms with Gasteiger partial charge in [0.05, 0.1) is 12.0 Å². The molecule has 2 saturated heterocycles. The van der Waals surface area contributed by atoms with Crippen molar-refractivity contribution in [3.05, 3.63) is 71.4 Å². The molecule has 0 bridgehead atoms. The summed E-state index contributed by atoms with van der Waals surface area (Å²) in [6, 6.07) is 14.0. The number of hydrogen-bond acceptors (Lipinski definition) is 6. The first kappa shape index (κ1) is 21.2. The quantitative estimate of drug-likeness (QED) is 0.647. The minimum Gasteiger partial charge on any atom is -0.352 e. The molecule has 4 unspecified atom stereocenters. The Morgan fingerprint density at radius 3 is 2.81 bits per heavy atom. The van der Waals surface area contributed by atoms with Crippen LogP contribution in [-0.4, -0.2) is 52.4 Å². The Hall–Kier alpha value is -2.68. The summed E-state index contributed by atoms with van der Waals surface area (Å²) in [7, 11) is 0. The number of amides is 2. The second-order valence-corrected chi connectivity index (χ2v) is 9.47. The van der Waals surface area contributed by atoms with Gasteiger partial charge in [-0.1, -0.05) is 30.3 Å². The molecule has 0 spiro atoms. The molecule has 2 amide bonds. The van der Waals surface area contributed by atoms with E-state index in [2.05, 4.69) is 43.4 Å². The molecule has 2 aromatic rings. The number of piperidine rings is 1. The number of carbonyl (C=O) groups is 2. The maximum Gasteiger partial charge on any atom is 0.237 e. The van der Waals surface area contributed by atoms with Crippen LogP contribution in [0.2, 0.25) is 0 Å². The van der Waals surface area contributed by atoms with Gasteiger partial charge in [0.25, 0.3) is 0 Å². The molecular weight excluding hydrogens is 422 g/mol. The number of hydrogen-bond donors (Lipinski definition) is 3. The number of rotatable bonds is 5. The highest BCUT2D eigenvalue weighted by Gasteiger charge is 2.44. The summed E-state index contributed by atoms with van der Waals surface area (Å²) >= 11 is 1.57. The van der Waals surface area contributed by atoms with Gasteiger partial charge in [0, 0.05) is 32.0 Å². The molecule has 5 rings (SSSR count). The number of benzene rings is 1. The van der Waals surface area contributed by atoms with Crippen LogP contribution in [-0.2, 0) is 16.1 Å². The van der Waals surface area contributed by atoms with Gasteiger partial charge >= 0.3 is 0 Å². The summed E-state index contributed by atoms with van der Waals surface area (Å²) in [6.07, 6.45) is 4.97. The lowest BCUT2D eigenvalue weighted by molar-refractivity contribution is -0.129. The number of pyridine rings is 1. The first-order valence-corrected chi connectivity index (χ1v) is 12.0. The number of carbonyl (C=O) groups excluding carboxylic acids is 2. The van der Waals surface area contributed by atoms with Gasteiger partial charge < -0.3 is 10.6 Å². The van der Waals surface area contributed by atoms with E-state index in [9.17, 15) is 9.59 Å². The van der Waals surface area contributed by atoms with Crippen LogP contribution in [0.3, 0.4) is 0 Å². The van der Waals surface area contributed by atoms with Crippen LogP contribution in [0.1, 0.15) is 24.0 Å². The minimum atomic E-state index is -0.273. The van der Waals surface area contributed by atoms with Crippen LogP contribution in [0.4, 0.5) is 0 Å². The van der Waals surface area contributed by atoms with E-state index in [4.69, 9.17) is 0 Å². The van der Waals surface area contributed by atoms with Crippen molar-refractivity contribution < 1.29 is 9.59 Å². The topological polar surface area (TPSA) is 86.4 Å². The van der Waals surface area contributed by atoms with Crippen LogP contribution < -0.4 is 16.0 Å². The van der Waals surface area contributed by atoms with Crippen molar-refractivity contribution >= 4 is 29.1 Å². The molecule has 3 aliphatic heterocycles. The molecular formula is C24H27N5O2S. The summed E-state index contributed by atoms with van der Waals surface area (Å²) in [5, 5.41) is 11.8. The zero-order chi connectivity index (χ0) is 21.9. The largest absolute Gasteiger partial charge is 0.352 e. The van der Waals surface area contributed by atoms with Crippen LogP contribution in [0.5, 0.6) is 0 Å². The number of fused-ring (bicyclic) bond motifs is 1. The fourth-order valence-electron chi connectivity index (χ4n) is 4.64. The maximum absolute atomic E-state index is 12.9. The van der Waals surface area contributed by atoms with Crippen molar-refractivity contribution in [3.63, 3.8) is 0 Å². The lowest BCUT2D eigenvalue weighted by Gasteiger charge is -2.43. The molecule has 4 heterocycles. The number of likely N-dealkylation sites (tertiary alicyclic amines) is 1. The monoisotopic (exact) mass is 449 g/mol. The molecule has 0 saturated carbocycles. The molecule has 2 fully saturated rings. The number of aromatic nitrogens is 1. The maximum atomic E-state index is 12.9. The third-order valence-corrected chi connectivity index (χ3v) is 7.54. The van der Waals surface area contributed by atoms with Gasteiger partial charge in [-0.2, -0.15) is 0 Å². The van der Waals surface area contributed by atoms with Crippen LogP contribution in [0.25, 0.3) is 5.57 Å². The fourth-order valence-corrected chi connectivity index (χ4v) is 5.79. The van der Waals surface area contributed by atoms with E-state index in [1.165, 1.54) is 0 Å². The summed E-state index contributed by atoms with van der Waals surface area (Å²) in [4.78, 5) is 31.9. The van der Waals surface area contributed by atoms with Gasteiger partial charge in [-0.05, 0) is 47.1 Å². The van der Waals surface area contributed by atoms with E-state index in [0.717, 1.165) is 36.1 Å². The van der Waals surface area contributed by atoms with E-state index >= 15 is 0 Å². The normalized spacial score (nSPS) is 27.9. The smallest absolute Gasteiger partial charge is 0.237 e. The standard InChI is InChI=1S/C24H27N5O2S/c30-22(26-13-16-8-10-25-11-9-16)18-7-4-12-29(14-18)24-27-20-19(17-5-2-1-3-6-17)15-32-21(20)23(31)28-24/h1-3,5-6,8-11,15,18,20-21,24,27H,4,7,12-14H2,(H,26,30)(H,28,31). The SMILES string of the molecule is O=C(NCc1ccncc1)C1CCCN(C2NC(=O)C3SC=C(c4ccccc4)C3N2)C1. The van der Waals surface area contributed by atoms with Gasteiger partial charge in [-0.15, -0.1) is 11.8 Å². The first-order chi connectivity index (χ1) is 15.7. The zero-order valence-corrected chi connectivity index (χ0v) is 18.6. The Labute approximate surface area is 192 Å². The molecule has 166 valence electrons. The van der Waals surface area contributed by atoms with Crippen LogP contribution >= 0.6 is 11.8 Å². The predicted octanol–water partition coefficient (Wildman–Crippen LogP) is 1.94. The fraction of sp³-hybridized carbons (Fsp3) is 0.375. The molecule has 0 aliphatic carbocycles. The van der Waals surface area contributed by atoms with Gasteiger partial charge in [-0.3, -0.25) is 24.8 Å². The number of nitrogens with one attached hydrogen (secondary N) is 3. The van der Waals surface area contributed by atoms with E-state index in [-0.39, 0.29) is 35.3 Å². The molecule has 8 heteroatoms. The summed E-state index contributed by atoms with van der Waals surface area (Å²) in [5.41, 5.74) is 3.33. The number of nitrogens with zero attached hydrogens (tertiary/aromatic N) is 2. The lowest BCUT2D eigenvalue weighted by atomic mass is 9.94. The van der Waals surface area contributed by atoms with E-state index in [0.29, 0.717) is 13.1 Å². The highest BCUT2D eigenvalue weighted by Crippen LogP contribution is 2.38. The Kier molecular flexibility index (Phi) is 6.25. The molecule has 32 heavy (non-hydrogen) atoms. The van der Waals surface area contributed by atoms with Gasteiger partial charge in [-0.25, -0.2) is 0 Å². The van der Waals surface area contributed by atoms with E-state index < -0.39 is 0 Å². The van der Waals surface area contributed by atoms with Gasteiger partial charge in [0.2, 0.25) is 11.8 Å². The van der Waals surface area contributed by atoms with Crippen molar-refractivity contribution in [2.24, 2.45) is 5.92 Å².